The number of hydrogen-bond acceptors (Lipinski definition) is 3. The fourth-order valence-corrected chi connectivity index (χ4v) is 1.57. The molecule has 17 heavy (non-hydrogen) atoms. The summed E-state index contributed by atoms with van der Waals surface area (Å²) in [7, 11) is 0. The molecule has 1 N–H and O–H groups in total. The minimum absolute atomic E-state index is 0.393. The van der Waals surface area contributed by atoms with Crippen molar-refractivity contribution in [2.45, 2.75) is 19.4 Å². The summed E-state index contributed by atoms with van der Waals surface area (Å²) in [5, 5.41) is 10.4. The van der Waals surface area contributed by atoms with E-state index in [1.165, 1.54) is 12.1 Å². The second-order valence-electron chi connectivity index (χ2n) is 4.12. The van der Waals surface area contributed by atoms with Gasteiger partial charge in [-0.3, -0.25) is 9.97 Å². The minimum Gasteiger partial charge on any atom is -0.379 e. The Balaban J connectivity index is 2.41. The molecule has 0 aliphatic carbocycles. The number of hydrogen-bond donors (Lipinski definition) is 1. The van der Waals surface area contributed by atoms with Gasteiger partial charge in [0.15, 0.2) is 0 Å². The van der Waals surface area contributed by atoms with Gasteiger partial charge >= 0.3 is 0 Å². The molecule has 2 aromatic rings. The van der Waals surface area contributed by atoms with Crippen molar-refractivity contribution in [2.75, 3.05) is 0 Å². The van der Waals surface area contributed by atoms with Crippen LogP contribution in [-0.4, -0.2) is 15.1 Å². The molecule has 0 amide bonds. The Morgan fingerprint density at radius 2 is 1.88 bits per heavy atom. The number of halogens is 1. The molecule has 4 heteroatoms. The summed E-state index contributed by atoms with van der Waals surface area (Å²) >= 11 is 0. The van der Waals surface area contributed by atoms with Crippen molar-refractivity contribution in [2.24, 2.45) is 0 Å². The highest BCUT2D eigenvalue weighted by molar-refractivity contribution is 5.29. The fraction of sp³-hybridized carbons (Fsp3) is 0.231. The van der Waals surface area contributed by atoms with Crippen LogP contribution in [-0.2, 0) is 5.60 Å². The number of rotatable bonds is 2. The lowest BCUT2D eigenvalue weighted by Crippen LogP contribution is -2.24. The first-order valence-corrected chi connectivity index (χ1v) is 5.27. The highest BCUT2D eigenvalue weighted by Crippen LogP contribution is 2.26. The van der Waals surface area contributed by atoms with Gasteiger partial charge in [-0.2, -0.15) is 0 Å². The van der Waals surface area contributed by atoms with E-state index in [0.717, 1.165) is 11.9 Å². The summed E-state index contributed by atoms with van der Waals surface area (Å²) in [6, 6.07) is 6.34. The first-order chi connectivity index (χ1) is 8.00. The Bertz CT molecular complexity index is 458. The van der Waals surface area contributed by atoms with E-state index >= 15 is 0 Å². The van der Waals surface area contributed by atoms with E-state index < -0.39 is 11.4 Å². The maximum Gasteiger partial charge on any atom is 0.141 e. The molecule has 2 heterocycles. The van der Waals surface area contributed by atoms with Gasteiger partial charge in [0.25, 0.3) is 0 Å². The molecule has 2 aromatic heterocycles. The first-order valence-electron chi connectivity index (χ1n) is 5.27. The van der Waals surface area contributed by atoms with E-state index in [4.69, 9.17) is 0 Å². The van der Waals surface area contributed by atoms with Gasteiger partial charge < -0.3 is 5.11 Å². The average molecular weight is 232 g/mol. The first kappa shape index (κ1) is 11.7. The Hall–Kier alpha value is -1.81. The zero-order valence-corrected chi connectivity index (χ0v) is 9.68. The van der Waals surface area contributed by atoms with Crippen molar-refractivity contribution >= 4 is 0 Å². The Morgan fingerprint density at radius 3 is 2.41 bits per heavy atom. The molecule has 0 aliphatic rings. The lowest BCUT2D eigenvalue weighted by Gasteiger charge is -2.22. The normalized spacial score (nSPS) is 14.4. The number of nitrogens with zero attached hydrogens (tertiary/aromatic N) is 2. The molecular weight excluding hydrogens is 219 g/mol. The van der Waals surface area contributed by atoms with Crippen molar-refractivity contribution in [1.82, 2.24) is 9.97 Å². The Morgan fingerprint density at radius 1 is 1.12 bits per heavy atom. The third-order valence-corrected chi connectivity index (χ3v) is 2.70. The largest absolute Gasteiger partial charge is 0.379 e. The van der Waals surface area contributed by atoms with Crippen molar-refractivity contribution in [3.05, 3.63) is 59.4 Å². The highest BCUT2D eigenvalue weighted by atomic mass is 19.1. The predicted octanol–water partition coefficient (Wildman–Crippen LogP) is 2.18. The van der Waals surface area contributed by atoms with Gasteiger partial charge in [-0.15, -0.1) is 0 Å². The van der Waals surface area contributed by atoms with Gasteiger partial charge in [-0.1, -0.05) is 6.07 Å². The van der Waals surface area contributed by atoms with Crippen molar-refractivity contribution < 1.29 is 9.50 Å². The topological polar surface area (TPSA) is 46.0 Å². The molecule has 0 fully saturated rings. The van der Waals surface area contributed by atoms with Crippen LogP contribution in [0.15, 0.2) is 36.7 Å². The van der Waals surface area contributed by atoms with Crippen LogP contribution in [0.5, 0.6) is 0 Å². The van der Waals surface area contributed by atoms with Gasteiger partial charge in [-0.25, -0.2) is 4.39 Å². The fourth-order valence-electron chi connectivity index (χ4n) is 1.57. The van der Waals surface area contributed by atoms with Crippen molar-refractivity contribution in [3.8, 4) is 0 Å². The van der Waals surface area contributed by atoms with Crippen molar-refractivity contribution in [1.29, 1.82) is 0 Å². The number of aryl methyl sites for hydroxylation is 1. The lowest BCUT2D eigenvalue weighted by molar-refractivity contribution is 0.0968. The number of aliphatic hydroxyl groups is 1. The van der Waals surface area contributed by atoms with Crippen LogP contribution >= 0.6 is 0 Å². The summed E-state index contributed by atoms with van der Waals surface area (Å²) in [6.07, 6.45) is 2.69. The van der Waals surface area contributed by atoms with Crippen LogP contribution in [0, 0.1) is 12.7 Å². The highest BCUT2D eigenvalue weighted by Gasteiger charge is 2.27. The second kappa shape index (κ2) is 4.22. The quantitative estimate of drug-likeness (QED) is 0.863. The summed E-state index contributed by atoms with van der Waals surface area (Å²) in [5.41, 5.74) is 0.623. The molecular formula is C13H13FN2O. The van der Waals surface area contributed by atoms with E-state index in [9.17, 15) is 9.50 Å². The van der Waals surface area contributed by atoms with E-state index in [0.29, 0.717) is 11.3 Å². The van der Waals surface area contributed by atoms with Gasteiger partial charge in [0.2, 0.25) is 0 Å². The average Bonchev–Trinajstić information content (AvgIpc) is 2.30. The molecule has 0 aromatic carbocycles. The van der Waals surface area contributed by atoms with Gasteiger partial charge in [0, 0.05) is 17.5 Å². The lowest BCUT2D eigenvalue weighted by atomic mass is 9.93. The SMILES string of the molecule is Cc1ccc(C(C)(O)c2ccc(F)cn2)cn1. The standard InChI is InChI=1S/C13H13FN2O/c1-9-3-4-10(7-15-9)13(2,17)12-6-5-11(14)8-16-12/h3-8,17H,1-2H3. The molecule has 2 rings (SSSR count). The van der Waals surface area contributed by atoms with E-state index in [-0.39, 0.29) is 0 Å². The molecule has 0 saturated heterocycles. The van der Waals surface area contributed by atoms with E-state index in [1.807, 2.05) is 13.0 Å². The third kappa shape index (κ3) is 2.31. The van der Waals surface area contributed by atoms with E-state index in [2.05, 4.69) is 9.97 Å². The summed E-state index contributed by atoms with van der Waals surface area (Å²) in [5.74, 6) is -0.424. The Labute approximate surface area is 99.0 Å². The molecule has 0 radical (unpaired) electrons. The summed E-state index contributed by atoms with van der Waals surface area (Å²) < 4.78 is 12.8. The molecule has 0 saturated carbocycles. The van der Waals surface area contributed by atoms with Crippen LogP contribution in [0.2, 0.25) is 0 Å². The van der Waals surface area contributed by atoms with Crippen LogP contribution in [0.4, 0.5) is 4.39 Å². The molecule has 0 bridgehead atoms. The monoisotopic (exact) mass is 232 g/mol. The zero-order valence-electron chi connectivity index (χ0n) is 9.68. The maximum absolute atomic E-state index is 12.8. The van der Waals surface area contributed by atoms with Gasteiger partial charge in [0.05, 0.1) is 11.9 Å². The number of pyridine rings is 2. The molecule has 1 atom stereocenters. The smallest absolute Gasteiger partial charge is 0.141 e. The molecule has 0 aliphatic heterocycles. The van der Waals surface area contributed by atoms with Gasteiger partial charge in [0.1, 0.15) is 11.4 Å². The third-order valence-electron chi connectivity index (χ3n) is 2.70. The minimum atomic E-state index is -1.27. The summed E-state index contributed by atoms with van der Waals surface area (Å²) in [4.78, 5) is 8.02. The van der Waals surface area contributed by atoms with Crippen molar-refractivity contribution in [3.63, 3.8) is 0 Å². The predicted molar refractivity (Wildman–Crippen MR) is 61.8 cm³/mol. The zero-order chi connectivity index (χ0) is 12.5. The second-order valence-corrected chi connectivity index (χ2v) is 4.12. The Kier molecular flexibility index (Phi) is 2.90. The van der Waals surface area contributed by atoms with Crippen LogP contribution in [0.3, 0.4) is 0 Å². The molecule has 3 nitrogen and oxygen atoms in total. The molecule has 0 spiro atoms. The summed E-state index contributed by atoms with van der Waals surface area (Å²) in [6.45, 7) is 3.48. The van der Waals surface area contributed by atoms with Gasteiger partial charge in [-0.05, 0) is 32.0 Å². The van der Waals surface area contributed by atoms with Crippen LogP contribution in [0.1, 0.15) is 23.9 Å². The molecule has 88 valence electrons. The van der Waals surface area contributed by atoms with Crippen LogP contribution in [0.25, 0.3) is 0 Å². The maximum atomic E-state index is 12.8. The van der Waals surface area contributed by atoms with E-state index in [1.54, 1.807) is 19.2 Å². The number of aromatic nitrogens is 2. The van der Waals surface area contributed by atoms with Crippen LogP contribution < -0.4 is 0 Å². The molecule has 1 unspecified atom stereocenters.